The molecular formula is C31H42N4O4. The van der Waals surface area contributed by atoms with E-state index in [1.165, 1.54) is 0 Å². The van der Waals surface area contributed by atoms with Crippen LogP contribution in [0.3, 0.4) is 0 Å². The first-order valence-corrected chi connectivity index (χ1v) is 14.0. The highest BCUT2D eigenvalue weighted by molar-refractivity contribution is 5.93. The molecule has 0 radical (unpaired) electrons. The number of rotatable bonds is 10. The molecular weight excluding hydrogens is 492 g/mol. The first-order chi connectivity index (χ1) is 18.7. The predicted molar refractivity (Wildman–Crippen MR) is 151 cm³/mol. The summed E-state index contributed by atoms with van der Waals surface area (Å²) >= 11 is 0. The Balaban J connectivity index is 1.56. The molecule has 2 aromatic rings. The number of likely N-dealkylation sites (N-methyl/N-ethyl adjacent to an activating group) is 1. The quantitative estimate of drug-likeness (QED) is 0.488. The molecule has 4 rings (SSSR count). The Hall–Kier alpha value is -3.23. The van der Waals surface area contributed by atoms with Crippen molar-refractivity contribution >= 4 is 17.7 Å². The number of nitrogens with two attached hydrogens (primary N) is 1. The number of carbonyl (C=O) groups is 3. The summed E-state index contributed by atoms with van der Waals surface area (Å²) in [7, 11) is 1.84. The van der Waals surface area contributed by atoms with E-state index in [0.29, 0.717) is 45.5 Å². The zero-order valence-corrected chi connectivity index (χ0v) is 23.4. The Bertz CT molecular complexity index is 1140. The summed E-state index contributed by atoms with van der Waals surface area (Å²) in [5.41, 5.74) is 6.71. The van der Waals surface area contributed by atoms with Crippen LogP contribution < -0.4 is 11.1 Å². The highest BCUT2D eigenvalue weighted by atomic mass is 16.5. The number of ether oxygens (including phenoxy) is 1. The number of amides is 3. The monoisotopic (exact) mass is 534 g/mol. The number of benzene rings is 2. The van der Waals surface area contributed by atoms with E-state index in [1.807, 2.05) is 69.4 Å². The van der Waals surface area contributed by atoms with Gasteiger partial charge >= 0.3 is 0 Å². The SMILES string of the molecule is CCC(N)(CC)C(=O)N[C@H](COCc1ccccc1)C(=O)N1CCC[C@@]2(C1)C(=O)N(C)C[C@H]2c1ccccc1. The Kier molecular flexibility index (Phi) is 9.08. The summed E-state index contributed by atoms with van der Waals surface area (Å²) in [6.07, 6.45) is 2.34. The summed E-state index contributed by atoms with van der Waals surface area (Å²) in [6.45, 7) is 5.53. The van der Waals surface area contributed by atoms with Crippen LogP contribution in [0.2, 0.25) is 0 Å². The van der Waals surface area contributed by atoms with Gasteiger partial charge in [0, 0.05) is 32.6 Å². The van der Waals surface area contributed by atoms with Gasteiger partial charge in [0.05, 0.1) is 24.2 Å². The molecule has 0 unspecified atom stereocenters. The fourth-order valence-electron chi connectivity index (χ4n) is 6.04. The Morgan fingerprint density at radius 2 is 1.74 bits per heavy atom. The third kappa shape index (κ3) is 6.02. The van der Waals surface area contributed by atoms with Crippen LogP contribution in [0.15, 0.2) is 60.7 Å². The van der Waals surface area contributed by atoms with E-state index in [9.17, 15) is 14.4 Å². The molecule has 0 aliphatic carbocycles. The predicted octanol–water partition coefficient (Wildman–Crippen LogP) is 3.07. The molecule has 3 N–H and O–H groups in total. The summed E-state index contributed by atoms with van der Waals surface area (Å²) in [4.78, 5) is 44.4. The normalized spacial score (nSPS) is 22.3. The lowest BCUT2D eigenvalue weighted by molar-refractivity contribution is -0.147. The summed E-state index contributed by atoms with van der Waals surface area (Å²) < 4.78 is 5.94. The highest BCUT2D eigenvalue weighted by Crippen LogP contribution is 2.49. The van der Waals surface area contributed by atoms with Gasteiger partial charge in [-0.2, -0.15) is 0 Å². The topological polar surface area (TPSA) is 105 Å². The molecule has 2 heterocycles. The molecule has 2 saturated heterocycles. The summed E-state index contributed by atoms with van der Waals surface area (Å²) in [6, 6.07) is 18.9. The number of piperidine rings is 1. The Morgan fingerprint density at radius 1 is 1.10 bits per heavy atom. The minimum atomic E-state index is -1.07. The fraction of sp³-hybridized carbons (Fsp3) is 0.516. The zero-order chi connectivity index (χ0) is 28.0. The van der Waals surface area contributed by atoms with Gasteiger partial charge in [-0.25, -0.2) is 0 Å². The molecule has 2 fully saturated rings. The molecule has 0 aromatic heterocycles. The lowest BCUT2D eigenvalue weighted by Gasteiger charge is -2.43. The van der Waals surface area contributed by atoms with E-state index in [2.05, 4.69) is 17.4 Å². The van der Waals surface area contributed by atoms with Gasteiger partial charge in [0.25, 0.3) is 0 Å². The van der Waals surface area contributed by atoms with Crippen LogP contribution in [-0.4, -0.2) is 72.4 Å². The van der Waals surface area contributed by atoms with Gasteiger partial charge in [-0.3, -0.25) is 14.4 Å². The maximum atomic E-state index is 14.0. The van der Waals surface area contributed by atoms with E-state index >= 15 is 0 Å². The largest absolute Gasteiger partial charge is 0.374 e. The van der Waals surface area contributed by atoms with Crippen molar-refractivity contribution in [2.75, 3.05) is 33.3 Å². The number of hydrogen-bond acceptors (Lipinski definition) is 5. The molecule has 39 heavy (non-hydrogen) atoms. The number of nitrogens with zero attached hydrogens (tertiary/aromatic N) is 2. The van der Waals surface area contributed by atoms with Crippen LogP contribution in [0.5, 0.6) is 0 Å². The Morgan fingerprint density at radius 3 is 2.38 bits per heavy atom. The molecule has 2 aliphatic rings. The smallest absolute Gasteiger partial charge is 0.247 e. The third-order valence-corrected chi connectivity index (χ3v) is 8.65. The second-order valence-corrected chi connectivity index (χ2v) is 11.1. The second kappa shape index (κ2) is 12.3. The number of carbonyl (C=O) groups excluding carboxylic acids is 3. The van der Waals surface area contributed by atoms with Crippen molar-refractivity contribution < 1.29 is 19.1 Å². The van der Waals surface area contributed by atoms with Crippen LogP contribution in [-0.2, 0) is 25.7 Å². The molecule has 0 saturated carbocycles. The van der Waals surface area contributed by atoms with Crippen molar-refractivity contribution in [2.45, 2.75) is 63.6 Å². The molecule has 3 amide bonds. The second-order valence-electron chi connectivity index (χ2n) is 11.1. The van der Waals surface area contributed by atoms with Gasteiger partial charge in [-0.15, -0.1) is 0 Å². The van der Waals surface area contributed by atoms with Gasteiger partial charge in [-0.1, -0.05) is 74.5 Å². The van der Waals surface area contributed by atoms with E-state index in [4.69, 9.17) is 10.5 Å². The molecule has 8 nitrogen and oxygen atoms in total. The zero-order valence-electron chi connectivity index (χ0n) is 23.4. The number of nitrogens with one attached hydrogen (secondary N) is 1. The van der Waals surface area contributed by atoms with E-state index in [0.717, 1.165) is 17.5 Å². The maximum Gasteiger partial charge on any atom is 0.247 e. The van der Waals surface area contributed by atoms with Crippen LogP contribution >= 0.6 is 0 Å². The van der Waals surface area contributed by atoms with E-state index in [1.54, 1.807) is 9.80 Å². The highest BCUT2D eigenvalue weighted by Gasteiger charge is 2.55. The standard InChI is InChI=1S/C31H42N4O4/c1-4-31(32,5-2)28(37)33-26(21-39-20-23-13-8-6-9-14-23)27(36)35-18-12-17-30(22-35)25(19-34(3)29(30)38)24-15-10-7-11-16-24/h6-11,13-16,25-26H,4-5,12,17-22,32H2,1-3H3,(H,33,37)/t25-,26+,30-/m0/s1. The molecule has 8 heteroatoms. The van der Waals surface area contributed by atoms with Gasteiger partial charge in [-0.05, 0) is 36.8 Å². The van der Waals surface area contributed by atoms with Crippen LogP contribution in [0.25, 0.3) is 0 Å². The molecule has 0 bridgehead atoms. The van der Waals surface area contributed by atoms with E-state index < -0.39 is 17.0 Å². The first kappa shape index (κ1) is 28.8. The molecule has 210 valence electrons. The van der Waals surface area contributed by atoms with Crippen molar-refractivity contribution in [1.82, 2.24) is 15.1 Å². The van der Waals surface area contributed by atoms with E-state index in [-0.39, 0.29) is 30.2 Å². The van der Waals surface area contributed by atoms with Crippen molar-refractivity contribution in [3.05, 3.63) is 71.8 Å². The molecule has 2 aromatic carbocycles. The summed E-state index contributed by atoms with van der Waals surface area (Å²) in [5, 5.41) is 2.91. The van der Waals surface area contributed by atoms with Crippen molar-refractivity contribution in [2.24, 2.45) is 11.1 Å². The molecule has 3 atom stereocenters. The lowest BCUT2D eigenvalue weighted by atomic mass is 9.69. The number of hydrogen-bond donors (Lipinski definition) is 2. The maximum absolute atomic E-state index is 14.0. The van der Waals surface area contributed by atoms with Crippen LogP contribution in [0.4, 0.5) is 0 Å². The first-order valence-electron chi connectivity index (χ1n) is 14.0. The van der Waals surface area contributed by atoms with Gasteiger partial charge < -0.3 is 25.6 Å². The minimum absolute atomic E-state index is 0.00829. The summed E-state index contributed by atoms with van der Waals surface area (Å²) in [5.74, 6) is -0.530. The van der Waals surface area contributed by atoms with Crippen molar-refractivity contribution in [3.8, 4) is 0 Å². The third-order valence-electron chi connectivity index (χ3n) is 8.65. The minimum Gasteiger partial charge on any atom is -0.374 e. The average molecular weight is 535 g/mol. The van der Waals surface area contributed by atoms with Crippen molar-refractivity contribution in [3.63, 3.8) is 0 Å². The number of likely N-dealkylation sites (tertiary alicyclic amines) is 2. The molecule has 1 spiro atoms. The van der Waals surface area contributed by atoms with Crippen LogP contribution in [0.1, 0.15) is 56.6 Å². The molecule has 2 aliphatic heterocycles. The fourth-order valence-corrected chi connectivity index (χ4v) is 6.04. The van der Waals surface area contributed by atoms with Crippen LogP contribution in [0, 0.1) is 5.41 Å². The van der Waals surface area contributed by atoms with Crippen molar-refractivity contribution in [1.29, 1.82) is 0 Å². The lowest BCUT2D eigenvalue weighted by Crippen LogP contribution is -2.61. The van der Waals surface area contributed by atoms with Gasteiger partial charge in [0.2, 0.25) is 17.7 Å². The van der Waals surface area contributed by atoms with Gasteiger partial charge in [0.1, 0.15) is 6.04 Å². The Labute approximate surface area is 231 Å². The van der Waals surface area contributed by atoms with Gasteiger partial charge in [0.15, 0.2) is 0 Å². The average Bonchev–Trinajstić information content (AvgIpc) is 3.21.